The van der Waals surface area contributed by atoms with Gasteiger partial charge in [-0.15, -0.1) is 0 Å². The first-order chi connectivity index (χ1) is 9.63. The van der Waals surface area contributed by atoms with Crippen molar-refractivity contribution in [1.82, 2.24) is 5.32 Å². The van der Waals surface area contributed by atoms with E-state index in [9.17, 15) is 0 Å². The molecule has 0 aromatic heterocycles. The van der Waals surface area contributed by atoms with Gasteiger partial charge in [-0.25, -0.2) is 0 Å². The zero-order valence-electron chi connectivity index (χ0n) is 11.7. The van der Waals surface area contributed by atoms with Gasteiger partial charge in [0, 0.05) is 23.1 Å². The van der Waals surface area contributed by atoms with Crippen molar-refractivity contribution in [2.75, 3.05) is 10.6 Å². The molecular weight excluding hydrogens is 266 g/mol. The smallest absolute Gasteiger partial charge is 0.170 e. The fraction of sp³-hybridized carbons (Fsp3) is 0.188. The van der Waals surface area contributed by atoms with E-state index in [-0.39, 0.29) is 0 Å². The van der Waals surface area contributed by atoms with Crippen LogP contribution in [0.25, 0.3) is 0 Å². The van der Waals surface area contributed by atoms with E-state index in [1.165, 1.54) is 0 Å². The first-order valence-corrected chi connectivity index (χ1v) is 7.04. The van der Waals surface area contributed by atoms with Crippen LogP contribution < -0.4 is 16.0 Å². The number of para-hydroxylation sites is 1. The summed E-state index contributed by atoms with van der Waals surface area (Å²) in [7, 11) is 0. The lowest BCUT2D eigenvalue weighted by Crippen LogP contribution is -2.33. The molecule has 0 atom stereocenters. The van der Waals surface area contributed by atoms with Crippen LogP contribution in [-0.2, 0) is 0 Å². The molecule has 4 heteroatoms. The maximum absolute atomic E-state index is 5.24. The molecule has 0 aliphatic carbocycles. The molecular formula is C16H19N3S. The predicted octanol–water partition coefficient (Wildman–Crippen LogP) is 4.13. The molecule has 0 saturated carbocycles. The van der Waals surface area contributed by atoms with Crippen LogP contribution in [0.3, 0.4) is 0 Å². The summed E-state index contributed by atoms with van der Waals surface area (Å²) in [5, 5.41) is 10.3. The van der Waals surface area contributed by atoms with Crippen molar-refractivity contribution in [3.63, 3.8) is 0 Å². The van der Waals surface area contributed by atoms with Gasteiger partial charge in [-0.3, -0.25) is 0 Å². The zero-order chi connectivity index (χ0) is 14.4. The molecule has 0 bridgehead atoms. The third kappa shape index (κ3) is 4.55. The molecule has 20 heavy (non-hydrogen) atoms. The molecule has 0 fully saturated rings. The maximum Gasteiger partial charge on any atom is 0.170 e. The average molecular weight is 285 g/mol. The molecule has 2 rings (SSSR count). The topological polar surface area (TPSA) is 36.1 Å². The summed E-state index contributed by atoms with van der Waals surface area (Å²) in [6, 6.07) is 18.4. The minimum Gasteiger partial charge on any atom is -0.360 e. The van der Waals surface area contributed by atoms with Crippen LogP contribution in [0.15, 0.2) is 54.6 Å². The van der Waals surface area contributed by atoms with Crippen molar-refractivity contribution in [2.24, 2.45) is 0 Å². The van der Waals surface area contributed by atoms with Crippen molar-refractivity contribution in [2.45, 2.75) is 19.9 Å². The Morgan fingerprint density at radius 1 is 0.900 bits per heavy atom. The highest BCUT2D eigenvalue weighted by molar-refractivity contribution is 7.80. The minimum atomic E-state index is 0.320. The maximum atomic E-state index is 5.24. The Morgan fingerprint density at radius 3 is 2.25 bits per heavy atom. The SMILES string of the molecule is CC(C)NC(=S)Nc1cccc(Nc2ccccc2)c1. The van der Waals surface area contributed by atoms with Gasteiger partial charge in [-0.05, 0) is 56.4 Å². The summed E-state index contributed by atoms with van der Waals surface area (Å²) < 4.78 is 0. The molecule has 0 unspecified atom stereocenters. The Bertz CT molecular complexity index is 567. The summed E-state index contributed by atoms with van der Waals surface area (Å²) >= 11 is 5.24. The van der Waals surface area contributed by atoms with Gasteiger partial charge >= 0.3 is 0 Å². The predicted molar refractivity (Wildman–Crippen MR) is 90.7 cm³/mol. The second-order valence-corrected chi connectivity index (χ2v) is 5.23. The van der Waals surface area contributed by atoms with Crippen molar-refractivity contribution < 1.29 is 0 Å². The van der Waals surface area contributed by atoms with Gasteiger partial charge in [0.2, 0.25) is 0 Å². The van der Waals surface area contributed by atoms with Crippen LogP contribution >= 0.6 is 12.2 Å². The van der Waals surface area contributed by atoms with Gasteiger partial charge in [0.25, 0.3) is 0 Å². The number of nitrogens with one attached hydrogen (secondary N) is 3. The van der Waals surface area contributed by atoms with E-state index in [0.717, 1.165) is 17.1 Å². The summed E-state index contributed by atoms with van der Waals surface area (Å²) in [5.41, 5.74) is 3.05. The molecule has 3 nitrogen and oxygen atoms in total. The number of benzene rings is 2. The number of anilines is 3. The van der Waals surface area contributed by atoms with Gasteiger partial charge in [-0.2, -0.15) is 0 Å². The lowest BCUT2D eigenvalue weighted by molar-refractivity contribution is 0.739. The third-order valence-corrected chi connectivity index (χ3v) is 2.82. The van der Waals surface area contributed by atoms with E-state index in [1.54, 1.807) is 0 Å². The van der Waals surface area contributed by atoms with E-state index in [0.29, 0.717) is 11.2 Å². The fourth-order valence-corrected chi connectivity index (χ4v) is 2.15. The van der Waals surface area contributed by atoms with Gasteiger partial charge < -0.3 is 16.0 Å². The molecule has 0 amide bonds. The van der Waals surface area contributed by atoms with Crippen molar-refractivity contribution in [3.05, 3.63) is 54.6 Å². The van der Waals surface area contributed by atoms with Crippen LogP contribution in [-0.4, -0.2) is 11.2 Å². The standard InChI is InChI=1S/C16H19N3S/c1-12(2)17-16(20)19-15-10-6-9-14(11-15)18-13-7-4-3-5-8-13/h3-12,18H,1-2H3,(H2,17,19,20). The largest absolute Gasteiger partial charge is 0.360 e. The van der Waals surface area contributed by atoms with Gasteiger partial charge in [0.15, 0.2) is 5.11 Å². The van der Waals surface area contributed by atoms with Gasteiger partial charge in [0.1, 0.15) is 0 Å². The van der Waals surface area contributed by atoms with E-state index < -0.39 is 0 Å². The molecule has 0 heterocycles. The Hall–Kier alpha value is -2.07. The number of rotatable bonds is 4. The first kappa shape index (κ1) is 14.3. The molecule has 0 radical (unpaired) electrons. The lowest BCUT2D eigenvalue weighted by Gasteiger charge is -2.14. The van der Waals surface area contributed by atoms with Crippen molar-refractivity contribution in [3.8, 4) is 0 Å². The van der Waals surface area contributed by atoms with E-state index >= 15 is 0 Å². The Kier molecular flexibility index (Phi) is 4.96. The van der Waals surface area contributed by atoms with E-state index in [4.69, 9.17) is 12.2 Å². The second-order valence-electron chi connectivity index (χ2n) is 4.82. The van der Waals surface area contributed by atoms with Crippen LogP contribution in [0.5, 0.6) is 0 Å². The first-order valence-electron chi connectivity index (χ1n) is 6.63. The number of thiocarbonyl (C=S) groups is 1. The molecule has 0 saturated heterocycles. The van der Waals surface area contributed by atoms with E-state index in [1.807, 2.05) is 54.6 Å². The molecule has 0 aliphatic heterocycles. The highest BCUT2D eigenvalue weighted by Gasteiger charge is 2.01. The van der Waals surface area contributed by atoms with Gasteiger partial charge in [0.05, 0.1) is 0 Å². The normalized spacial score (nSPS) is 10.2. The molecule has 0 spiro atoms. The van der Waals surface area contributed by atoms with Gasteiger partial charge in [-0.1, -0.05) is 24.3 Å². The van der Waals surface area contributed by atoms with Crippen molar-refractivity contribution in [1.29, 1.82) is 0 Å². The Morgan fingerprint density at radius 2 is 1.55 bits per heavy atom. The summed E-state index contributed by atoms with van der Waals surface area (Å²) in [5.74, 6) is 0. The highest BCUT2D eigenvalue weighted by Crippen LogP contribution is 2.19. The monoisotopic (exact) mass is 285 g/mol. The second kappa shape index (κ2) is 6.91. The average Bonchev–Trinajstić information content (AvgIpc) is 2.39. The lowest BCUT2D eigenvalue weighted by atomic mass is 10.2. The molecule has 2 aromatic carbocycles. The number of hydrogen-bond acceptors (Lipinski definition) is 2. The Balaban J connectivity index is 2.03. The summed E-state index contributed by atoms with van der Waals surface area (Å²) in [4.78, 5) is 0. The molecule has 2 aromatic rings. The molecule has 104 valence electrons. The quantitative estimate of drug-likeness (QED) is 0.738. The van der Waals surface area contributed by atoms with Crippen molar-refractivity contribution >= 4 is 34.4 Å². The summed E-state index contributed by atoms with van der Waals surface area (Å²) in [6.07, 6.45) is 0. The van der Waals surface area contributed by atoms with E-state index in [2.05, 4.69) is 29.8 Å². The van der Waals surface area contributed by atoms with Crippen LogP contribution in [0.2, 0.25) is 0 Å². The van der Waals surface area contributed by atoms with Crippen LogP contribution in [0.4, 0.5) is 17.1 Å². The summed E-state index contributed by atoms with van der Waals surface area (Å²) in [6.45, 7) is 4.11. The fourth-order valence-electron chi connectivity index (χ4n) is 1.79. The Labute approximate surface area is 125 Å². The molecule has 3 N–H and O–H groups in total. The molecule has 0 aliphatic rings. The number of hydrogen-bond donors (Lipinski definition) is 3. The van der Waals surface area contributed by atoms with Crippen LogP contribution in [0, 0.1) is 0 Å². The third-order valence-electron chi connectivity index (χ3n) is 2.60. The van der Waals surface area contributed by atoms with Crippen LogP contribution in [0.1, 0.15) is 13.8 Å². The minimum absolute atomic E-state index is 0.320. The zero-order valence-corrected chi connectivity index (χ0v) is 12.5. The highest BCUT2D eigenvalue weighted by atomic mass is 32.1.